The molecule has 1 N–H and O–H groups in total. The molecule has 1 aromatic carbocycles. The first-order chi connectivity index (χ1) is 12.1. The van der Waals surface area contributed by atoms with Crippen molar-refractivity contribution in [2.75, 3.05) is 16.8 Å². The van der Waals surface area contributed by atoms with Crippen molar-refractivity contribution >= 4 is 28.9 Å². The maximum absolute atomic E-state index is 13.2. The second-order valence-corrected chi connectivity index (χ2v) is 6.67. The van der Waals surface area contributed by atoms with Gasteiger partial charge in [0.2, 0.25) is 0 Å². The van der Waals surface area contributed by atoms with E-state index in [9.17, 15) is 9.18 Å². The summed E-state index contributed by atoms with van der Waals surface area (Å²) >= 11 is 5.76. The van der Waals surface area contributed by atoms with Gasteiger partial charge in [0, 0.05) is 24.5 Å². The van der Waals surface area contributed by atoms with Crippen LogP contribution in [0.15, 0.2) is 36.7 Å². The van der Waals surface area contributed by atoms with Crippen LogP contribution in [0.3, 0.4) is 0 Å². The Hall–Kier alpha value is -2.14. The van der Waals surface area contributed by atoms with Crippen molar-refractivity contribution in [3.8, 4) is 0 Å². The number of benzene rings is 1. The standard InChI is InChI=1S/C19H21ClFN3O/c1-2-15-5-3-4-8-24(15)16-9-13(11-22-12-16)19(25)23-14-6-7-18(21)17(20)10-14/h6-7,9-12,15H,2-5,8H2,1H3,(H,23,25). The van der Waals surface area contributed by atoms with Crippen LogP contribution in [0.5, 0.6) is 0 Å². The summed E-state index contributed by atoms with van der Waals surface area (Å²) < 4.78 is 13.2. The zero-order chi connectivity index (χ0) is 17.8. The third kappa shape index (κ3) is 4.10. The molecule has 1 fully saturated rings. The summed E-state index contributed by atoms with van der Waals surface area (Å²) in [5, 5.41) is 2.71. The predicted octanol–water partition coefficient (Wildman–Crippen LogP) is 4.90. The Bertz CT molecular complexity index is 768. The molecule has 2 aromatic rings. The number of nitrogens with one attached hydrogen (secondary N) is 1. The molecule has 0 spiro atoms. The van der Waals surface area contributed by atoms with Gasteiger partial charge in [-0.3, -0.25) is 9.78 Å². The lowest BCUT2D eigenvalue weighted by atomic mass is 9.99. The largest absolute Gasteiger partial charge is 0.367 e. The molecule has 1 aliphatic heterocycles. The first kappa shape index (κ1) is 17.7. The fraction of sp³-hybridized carbons (Fsp3) is 0.368. The first-order valence-electron chi connectivity index (χ1n) is 8.56. The second kappa shape index (κ2) is 7.83. The number of piperidine rings is 1. The number of carbonyl (C=O) groups is 1. The minimum Gasteiger partial charge on any atom is -0.367 e. The maximum atomic E-state index is 13.2. The highest BCUT2D eigenvalue weighted by Crippen LogP contribution is 2.27. The minimum absolute atomic E-state index is 0.0243. The molecule has 0 radical (unpaired) electrons. The molecule has 3 rings (SSSR count). The summed E-state index contributed by atoms with van der Waals surface area (Å²) in [5.74, 6) is -0.805. The van der Waals surface area contributed by atoms with E-state index in [1.807, 2.05) is 6.07 Å². The Kier molecular flexibility index (Phi) is 5.53. The lowest BCUT2D eigenvalue weighted by Crippen LogP contribution is -2.39. The predicted molar refractivity (Wildman–Crippen MR) is 98.9 cm³/mol. The number of nitrogens with zero attached hydrogens (tertiary/aromatic N) is 2. The van der Waals surface area contributed by atoms with Crippen molar-refractivity contribution in [1.82, 2.24) is 4.98 Å². The molecule has 6 heteroatoms. The van der Waals surface area contributed by atoms with Crippen LogP contribution in [-0.2, 0) is 0 Å². The Morgan fingerprint density at radius 3 is 2.96 bits per heavy atom. The maximum Gasteiger partial charge on any atom is 0.257 e. The monoisotopic (exact) mass is 361 g/mol. The van der Waals surface area contributed by atoms with E-state index in [1.54, 1.807) is 6.20 Å². The average Bonchev–Trinajstić information content (AvgIpc) is 2.64. The van der Waals surface area contributed by atoms with Crippen molar-refractivity contribution in [3.05, 3.63) is 53.1 Å². The van der Waals surface area contributed by atoms with Crippen molar-refractivity contribution < 1.29 is 9.18 Å². The van der Waals surface area contributed by atoms with Gasteiger partial charge in [-0.05, 0) is 49.9 Å². The number of amides is 1. The van der Waals surface area contributed by atoms with Gasteiger partial charge in [-0.2, -0.15) is 0 Å². The summed E-state index contributed by atoms with van der Waals surface area (Å²) in [6, 6.07) is 6.45. The number of halogens is 2. The number of rotatable bonds is 4. The molecule has 0 aliphatic carbocycles. The third-order valence-electron chi connectivity index (χ3n) is 4.59. The number of pyridine rings is 1. The normalized spacial score (nSPS) is 17.4. The number of hydrogen-bond donors (Lipinski definition) is 1. The van der Waals surface area contributed by atoms with Gasteiger partial charge in [0.1, 0.15) is 5.82 Å². The van der Waals surface area contributed by atoms with Gasteiger partial charge in [0.15, 0.2) is 0 Å². The van der Waals surface area contributed by atoms with E-state index < -0.39 is 5.82 Å². The van der Waals surface area contributed by atoms with Gasteiger partial charge in [-0.1, -0.05) is 18.5 Å². The van der Waals surface area contributed by atoms with Crippen LogP contribution < -0.4 is 10.2 Å². The molecule has 1 unspecified atom stereocenters. The topological polar surface area (TPSA) is 45.2 Å². The van der Waals surface area contributed by atoms with Crippen LogP contribution in [0.1, 0.15) is 43.0 Å². The fourth-order valence-electron chi connectivity index (χ4n) is 3.25. The van der Waals surface area contributed by atoms with E-state index >= 15 is 0 Å². The Morgan fingerprint density at radius 2 is 2.20 bits per heavy atom. The van der Waals surface area contributed by atoms with E-state index in [0.717, 1.165) is 25.1 Å². The number of anilines is 2. The summed E-state index contributed by atoms with van der Waals surface area (Å²) in [4.78, 5) is 19.1. The lowest BCUT2D eigenvalue weighted by molar-refractivity contribution is 0.102. The van der Waals surface area contributed by atoms with Crippen LogP contribution in [0.2, 0.25) is 5.02 Å². The smallest absolute Gasteiger partial charge is 0.257 e. The van der Waals surface area contributed by atoms with Crippen LogP contribution in [0.4, 0.5) is 15.8 Å². The molecule has 0 bridgehead atoms. The van der Waals surface area contributed by atoms with E-state index in [2.05, 4.69) is 22.1 Å². The summed E-state index contributed by atoms with van der Waals surface area (Å²) in [6.45, 7) is 3.17. The summed E-state index contributed by atoms with van der Waals surface area (Å²) in [7, 11) is 0. The molecule has 4 nitrogen and oxygen atoms in total. The van der Waals surface area contributed by atoms with Gasteiger partial charge < -0.3 is 10.2 Å². The number of hydrogen-bond acceptors (Lipinski definition) is 3. The van der Waals surface area contributed by atoms with E-state index in [-0.39, 0.29) is 10.9 Å². The van der Waals surface area contributed by atoms with Gasteiger partial charge in [0.05, 0.1) is 22.5 Å². The lowest BCUT2D eigenvalue weighted by Gasteiger charge is -2.37. The van der Waals surface area contributed by atoms with Crippen LogP contribution in [0.25, 0.3) is 0 Å². The first-order valence-corrected chi connectivity index (χ1v) is 8.94. The zero-order valence-electron chi connectivity index (χ0n) is 14.1. The minimum atomic E-state index is -0.515. The molecule has 1 saturated heterocycles. The van der Waals surface area contributed by atoms with Crippen molar-refractivity contribution in [1.29, 1.82) is 0 Å². The molecular formula is C19H21ClFN3O. The van der Waals surface area contributed by atoms with Gasteiger partial charge in [-0.25, -0.2) is 4.39 Å². The highest BCUT2D eigenvalue weighted by atomic mass is 35.5. The Balaban J connectivity index is 1.78. The van der Waals surface area contributed by atoms with Crippen molar-refractivity contribution in [3.63, 3.8) is 0 Å². The van der Waals surface area contributed by atoms with Crippen LogP contribution >= 0.6 is 11.6 Å². The molecule has 1 aliphatic rings. The number of carbonyl (C=O) groups excluding carboxylic acids is 1. The van der Waals surface area contributed by atoms with Gasteiger partial charge in [0.25, 0.3) is 5.91 Å². The van der Waals surface area contributed by atoms with Gasteiger partial charge in [-0.15, -0.1) is 0 Å². The van der Waals surface area contributed by atoms with E-state index in [4.69, 9.17) is 11.6 Å². The van der Waals surface area contributed by atoms with Crippen molar-refractivity contribution in [2.45, 2.75) is 38.6 Å². The number of aromatic nitrogens is 1. The second-order valence-electron chi connectivity index (χ2n) is 6.27. The molecular weight excluding hydrogens is 341 g/mol. The van der Waals surface area contributed by atoms with Crippen LogP contribution in [-0.4, -0.2) is 23.5 Å². The average molecular weight is 362 g/mol. The molecule has 1 aromatic heterocycles. The highest BCUT2D eigenvalue weighted by molar-refractivity contribution is 6.31. The zero-order valence-corrected chi connectivity index (χ0v) is 14.9. The van der Waals surface area contributed by atoms with E-state index in [1.165, 1.54) is 37.2 Å². The van der Waals surface area contributed by atoms with Crippen LogP contribution in [0, 0.1) is 5.82 Å². The molecule has 0 saturated carbocycles. The fourth-order valence-corrected chi connectivity index (χ4v) is 3.43. The SMILES string of the molecule is CCC1CCCCN1c1cncc(C(=O)Nc2ccc(F)c(Cl)c2)c1. The highest BCUT2D eigenvalue weighted by Gasteiger charge is 2.22. The Morgan fingerprint density at radius 1 is 1.36 bits per heavy atom. The molecule has 2 heterocycles. The van der Waals surface area contributed by atoms with Gasteiger partial charge >= 0.3 is 0 Å². The molecule has 1 atom stereocenters. The molecule has 132 valence electrons. The quantitative estimate of drug-likeness (QED) is 0.842. The third-order valence-corrected chi connectivity index (χ3v) is 4.88. The molecule has 1 amide bonds. The van der Waals surface area contributed by atoms with E-state index in [0.29, 0.717) is 17.3 Å². The Labute approximate surface area is 152 Å². The summed E-state index contributed by atoms with van der Waals surface area (Å²) in [6.07, 6.45) is 7.98. The van der Waals surface area contributed by atoms with Crippen molar-refractivity contribution in [2.24, 2.45) is 0 Å². The summed E-state index contributed by atoms with van der Waals surface area (Å²) in [5.41, 5.74) is 1.89. The molecule has 25 heavy (non-hydrogen) atoms.